The van der Waals surface area contributed by atoms with Gasteiger partial charge in [-0.1, -0.05) is 0 Å². The van der Waals surface area contributed by atoms with Crippen molar-refractivity contribution in [3.63, 3.8) is 0 Å². The van der Waals surface area contributed by atoms with E-state index in [1.54, 1.807) is 27.7 Å². The predicted molar refractivity (Wildman–Crippen MR) is 75.5 cm³/mol. The maximum Gasteiger partial charge on any atom is 0.328 e. The van der Waals surface area contributed by atoms with Crippen LogP contribution in [-0.2, 0) is 28.6 Å². The Morgan fingerprint density at radius 3 is 2.19 bits per heavy atom. The molecule has 0 aliphatic heterocycles. The third kappa shape index (κ3) is 9.84. The molecule has 0 rings (SSSR count). The number of ether oxygens (including phenoxy) is 3. The minimum Gasteiger partial charge on any atom is -0.466 e. The fourth-order valence-electron chi connectivity index (χ4n) is 1.47. The van der Waals surface area contributed by atoms with Crippen LogP contribution in [0.5, 0.6) is 0 Å². The lowest BCUT2D eigenvalue weighted by molar-refractivity contribution is -0.149. The first-order valence-electron chi connectivity index (χ1n) is 7.13. The van der Waals surface area contributed by atoms with Crippen LogP contribution in [0.15, 0.2) is 0 Å². The van der Waals surface area contributed by atoms with E-state index in [2.05, 4.69) is 5.32 Å². The highest BCUT2D eigenvalue weighted by Crippen LogP contribution is 2.03. The van der Waals surface area contributed by atoms with E-state index >= 15 is 0 Å². The van der Waals surface area contributed by atoms with E-state index in [4.69, 9.17) is 14.2 Å². The SMILES string of the molecule is CCOC(=O)CC[C@H](NC(=O)COC(C)C)C(=O)OCC. The van der Waals surface area contributed by atoms with Crippen molar-refractivity contribution in [2.24, 2.45) is 0 Å². The molecule has 1 atom stereocenters. The molecular weight excluding hydrogens is 278 g/mol. The van der Waals surface area contributed by atoms with Crippen molar-refractivity contribution in [1.82, 2.24) is 5.32 Å². The summed E-state index contributed by atoms with van der Waals surface area (Å²) in [5.74, 6) is -1.41. The normalized spacial score (nSPS) is 11.9. The van der Waals surface area contributed by atoms with Gasteiger partial charge in [-0.3, -0.25) is 9.59 Å². The van der Waals surface area contributed by atoms with Crippen LogP contribution in [0.25, 0.3) is 0 Å². The van der Waals surface area contributed by atoms with Crippen molar-refractivity contribution in [3.8, 4) is 0 Å². The van der Waals surface area contributed by atoms with Crippen molar-refractivity contribution in [1.29, 1.82) is 0 Å². The Hall–Kier alpha value is -1.63. The summed E-state index contributed by atoms with van der Waals surface area (Å²) in [5.41, 5.74) is 0. The quantitative estimate of drug-likeness (QED) is 0.600. The molecule has 0 aromatic rings. The highest BCUT2D eigenvalue weighted by atomic mass is 16.5. The third-order valence-corrected chi connectivity index (χ3v) is 2.40. The van der Waals surface area contributed by atoms with Gasteiger partial charge in [-0.2, -0.15) is 0 Å². The molecule has 0 aliphatic rings. The van der Waals surface area contributed by atoms with Crippen molar-refractivity contribution in [2.75, 3.05) is 19.8 Å². The molecule has 0 bridgehead atoms. The second-order valence-electron chi connectivity index (χ2n) is 4.58. The summed E-state index contributed by atoms with van der Waals surface area (Å²) < 4.78 is 14.8. The Kier molecular flexibility index (Phi) is 10.2. The summed E-state index contributed by atoms with van der Waals surface area (Å²) in [6.07, 6.45) is 0.0737. The topological polar surface area (TPSA) is 90.9 Å². The van der Waals surface area contributed by atoms with Crippen LogP contribution in [0.2, 0.25) is 0 Å². The van der Waals surface area contributed by atoms with Gasteiger partial charge in [0.1, 0.15) is 12.6 Å². The van der Waals surface area contributed by atoms with Crippen LogP contribution in [-0.4, -0.2) is 49.8 Å². The largest absolute Gasteiger partial charge is 0.466 e. The summed E-state index contributed by atoms with van der Waals surface area (Å²) in [6, 6.07) is -0.877. The van der Waals surface area contributed by atoms with Crippen LogP contribution in [0.1, 0.15) is 40.5 Å². The van der Waals surface area contributed by atoms with E-state index in [0.29, 0.717) is 0 Å². The lowest BCUT2D eigenvalue weighted by atomic mass is 10.1. The van der Waals surface area contributed by atoms with E-state index in [1.165, 1.54) is 0 Å². The van der Waals surface area contributed by atoms with Gasteiger partial charge in [0.05, 0.1) is 19.3 Å². The molecule has 122 valence electrons. The zero-order valence-corrected chi connectivity index (χ0v) is 13.1. The number of carbonyl (C=O) groups excluding carboxylic acids is 3. The fourth-order valence-corrected chi connectivity index (χ4v) is 1.47. The molecule has 0 aromatic carbocycles. The summed E-state index contributed by atoms with van der Waals surface area (Å²) in [5, 5.41) is 2.51. The summed E-state index contributed by atoms with van der Waals surface area (Å²) in [7, 11) is 0. The van der Waals surface area contributed by atoms with Crippen molar-refractivity contribution in [3.05, 3.63) is 0 Å². The Labute approximate surface area is 125 Å². The number of rotatable bonds is 10. The first kappa shape index (κ1) is 19.4. The first-order chi connectivity index (χ1) is 9.90. The van der Waals surface area contributed by atoms with E-state index in [0.717, 1.165) is 0 Å². The van der Waals surface area contributed by atoms with Gasteiger partial charge in [0.25, 0.3) is 0 Å². The Morgan fingerprint density at radius 2 is 1.67 bits per heavy atom. The van der Waals surface area contributed by atoms with Crippen LogP contribution in [0, 0.1) is 0 Å². The van der Waals surface area contributed by atoms with Gasteiger partial charge < -0.3 is 19.5 Å². The molecule has 0 fully saturated rings. The molecule has 7 nitrogen and oxygen atoms in total. The summed E-state index contributed by atoms with van der Waals surface area (Å²) in [6.45, 7) is 7.31. The second kappa shape index (κ2) is 11.1. The number of esters is 2. The fraction of sp³-hybridized carbons (Fsp3) is 0.786. The van der Waals surface area contributed by atoms with Crippen molar-refractivity contribution >= 4 is 17.8 Å². The second-order valence-corrected chi connectivity index (χ2v) is 4.58. The lowest BCUT2D eigenvalue weighted by Gasteiger charge is -2.17. The van der Waals surface area contributed by atoms with E-state index < -0.39 is 23.9 Å². The molecule has 0 saturated carbocycles. The average Bonchev–Trinajstić information content (AvgIpc) is 2.41. The molecule has 1 amide bonds. The van der Waals surface area contributed by atoms with Crippen molar-refractivity contribution in [2.45, 2.75) is 52.7 Å². The molecular formula is C14H25NO6. The van der Waals surface area contributed by atoms with Crippen LogP contribution < -0.4 is 5.32 Å². The van der Waals surface area contributed by atoms with Gasteiger partial charge in [0.2, 0.25) is 5.91 Å². The molecule has 0 spiro atoms. The third-order valence-electron chi connectivity index (χ3n) is 2.40. The minimum absolute atomic E-state index is 0.0304. The Morgan fingerprint density at radius 1 is 1.05 bits per heavy atom. The highest BCUT2D eigenvalue weighted by molar-refractivity contribution is 5.85. The summed E-state index contributed by atoms with van der Waals surface area (Å²) in [4.78, 5) is 34.8. The number of hydrogen-bond acceptors (Lipinski definition) is 6. The van der Waals surface area contributed by atoms with Crippen LogP contribution in [0.4, 0.5) is 0 Å². The number of nitrogens with one attached hydrogen (secondary N) is 1. The predicted octanol–water partition coefficient (Wildman–Crippen LogP) is 0.803. The zero-order valence-electron chi connectivity index (χ0n) is 13.1. The molecule has 0 saturated heterocycles. The molecule has 0 heterocycles. The maximum absolute atomic E-state index is 11.8. The molecule has 0 aromatic heterocycles. The smallest absolute Gasteiger partial charge is 0.328 e. The molecule has 0 radical (unpaired) electrons. The number of carbonyl (C=O) groups is 3. The Bertz CT molecular complexity index is 342. The molecule has 7 heteroatoms. The molecule has 21 heavy (non-hydrogen) atoms. The molecule has 1 N–H and O–H groups in total. The van der Waals surface area contributed by atoms with Gasteiger partial charge in [0.15, 0.2) is 0 Å². The average molecular weight is 303 g/mol. The van der Waals surface area contributed by atoms with Crippen LogP contribution >= 0.6 is 0 Å². The van der Waals surface area contributed by atoms with E-state index in [1.807, 2.05) is 0 Å². The zero-order chi connectivity index (χ0) is 16.3. The van der Waals surface area contributed by atoms with Crippen LogP contribution in [0.3, 0.4) is 0 Å². The van der Waals surface area contributed by atoms with Gasteiger partial charge in [-0.05, 0) is 34.1 Å². The lowest BCUT2D eigenvalue weighted by Crippen LogP contribution is -2.44. The number of hydrogen-bond donors (Lipinski definition) is 1. The first-order valence-corrected chi connectivity index (χ1v) is 7.13. The standard InChI is InChI=1S/C14H25NO6/c1-5-19-13(17)8-7-11(14(18)20-6-2)15-12(16)9-21-10(3)4/h10-11H,5-9H2,1-4H3,(H,15,16)/t11-/m0/s1. The number of amides is 1. The monoisotopic (exact) mass is 303 g/mol. The van der Waals surface area contributed by atoms with Gasteiger partial charge in [-0.25, -0.2) is 4.79 Å². The molecule has 0 aliphatic carbocycles. The van der Waals surface area contributed by atoms with E-state index in [9.17, 15) is 14.4 Å². The maximum atomic E-state index is 11.8. The minimum atomic E-state index is -0.877. The Balaban J connectivity index is 4.41. The van der Waals surface area contributed by atoms with Gasteiger partial charge in [0, 0.05) is 6.42 Å². The highest BCUT2D eigenvalue weighted by Gasteiger charge is 2.23. The van der Waals surface area contributed by atoms with E-state index in [-0.39, 0.29) is 38.8 Å². The van der Waals surface area contributed by atoms with Gasteiger partial charge >= 0.3 is 11.9 Å². The molecule has 0 unspecified atom stereocenters. The van der Waals surface area contributed by atoms with Gasteiger partial charge in [-0.15, -0.1) is 0 Å². The van der Waals surface area contributed by atoms with Crippen molar-refractivity contribution < 1.29 is 28.6 Å². The summed E-state index contributed by atoms with van der Waals surface area (Å²) >= 11 is 0.